The van der Waals surface area contributed by atoms with Crippen LogP contribution in [0.4, 0.5) is 0 Å². The Morgan fingerprint density at radius 1 is 1.33 bits per heavy atom. The van der Waals surface area contributed by atoms with Gasteiger partial charge in [-0.05, 0) is 6.92 Å². The average Bonchev–Trinajstić information content (AvgIpc) is 1.90. The molecular weight excluding hydrogens is 180 g/mol. The summed E-state index contributed by atoms with van der Waals surface area (Å²) in [6.07, 6.45) is 7.45. The number of hydrogen-bond donors (Lipinski definition) is 0. The van der Waals surface area contributed by atoms with Gasteiger partial charge in [0.05, 0.1) is 12.4 Å². The smallest absolute Gasteiger partial charge is 0.187 e. The van der Waals surface area contributed by atoms with E-state index in [1.165, 1.54) is 0 Å². The summed E-state index contributed by atoms with van der Waals surface area (Å²) >= 11 is 0. The molecule has 0 aliphatic heterocycles. The van der Waals surface area contributed by atoms with Crippen molar-refractivity contribution < 1.29 is 21.5 Å². The summed E-state index contributed by atoms with van der Waals surface area (Å²) < 4.78 is 2.06. The molecule has 0 spiro atoms. The van der Waals surface area contributed by atoms with Gasteiger partial charge in [-0.2, -0.15) is 0 Å². The summed E-state index contributed by atoms with van der Waals surface area (Å²) in [4.78, 5) is 3.87. The predicted molar refractivity (Wildman–Crippen MR) is 30.1 cm³/mol. The minimum atomic E-state index is 0. The number of aryl methyl sites for hydroxylation is 1. The van der Waals surface area contributed by atoms with Crippen LogP contribution in [-0.2, 0) is 6.54 Å². The van der Waals surface area contributed by atoms with E-state index >= 15 is 0 Å². The Hall–Kier alpha value is -0.440. The quantitative estimate of drug-likeness (QED) is 0.442. The van der Waals surface area contributed by atoms with Gasteiger partial charge in [-0.3, -0.25) is 4.98 Å². The lowest BCUT2D eigenvalue weighted by Gasteiger charge is -1.84. The minimum absolute atomic E-state index is 0. The number of hydrogen-bond acceptors (Lipinski definition) is 1. The second-order valence-electron chi connectivity index (χ2n) is 1.58. The Morgan fingerprint density at radius 3 is 2.22 bits per heavy atom. The highest BCUT2D eigenvalue weighted by molar-refractivity contribution is 4.62. The van der Waals surface area contributed by atoms with Crippen molar-refractivity contribution in [3.63, 3.8) is 0 Å². The van der Waals surface area contributed by atoms with Crippen LogP contribution < -0.4 is 21.5 Å². The van der Waals surface area contributed by atoms with Crippen LogP contribution in [0.15, 0.2) is 24.8 Å². The van der Waals surface area contributed by atoms with Crippen molar-refractivity contribution in [3.05, 3.63) is 24.8 Å². The molecule has 0 fully saturated rings. The molecule has 0 radical (unpaired) electrons. The van der Waals surface area contributed by atoms with Crippen LogP contribution in [0, 0.1) is 0 Å². The summed E-state index contributed by atoms with van der Waals surface area (Å²) in [5.74, 6) is 0. The van der Waals surface area contributed by atoms with Crippen molar-refractivity contribution in [3.8, 4) is 0 Å². The lowest BCUT2D eigenvalue weighted by atomic mass is 10.6. The predicted octanol–water partition coefficient (Wildman–Crippen LogP) is -2.61. The van der Waals surface area contributed by atoms with E-state index in [2.05, 4.69) is 16.5 Å². The third-order valence-corrected chi connectivity index (χ3v) is 1.05. The van der Waals surface area contributed by atoms with Gasteiger partial charge in [0, 0.05) is 0 Å². The third-order valence-electron chi connectivity index (χ3n) is 1.05. The first-order chi connectivity index (χ1) is 3.93. The first kappa shape index (κ1) is 8.56. The van der Waals surface area contributed by atoms with Crippen LogP contribution >= 0.6 is 0 Å². The van der Waals surface area contributed by atoms with Gasteiger partial charge in [0.15, 0.2) is 12.4 Å². The molecule has 1 aromatic rings. The molecule has 1 heterocycles. The SMILES string of the molecule is CC[n+]1ccncc1.[Br-]. The summed E-state index contributed by atoms with van der Waals surface area (Å²) in [5, 5.41) is 0. The summed E-state index contributed by atoms with van der Waals surface area (Å²) in [7, 11) is 0. The molecule has 0 amide bonds. The zero-order valence-corrected chi connectivity index (χ0v) is 6.87. The highest BCUT2D eigenvalue weighted by Crippen LogP contribution is 1.67. The number of aromatic nitrogens is 2. The molecule has 0 aromatic carbocycles. The standard InChI is InChI=1S/C6H9N2.BrH/c1-2-8-5-3-7-4-6-8;/h3-6H,2H2,1H3;1H/q+1;/p-1. The van der Waals surface area contributed by atoms with E-state index in [0.29, 0.717) is 0 Å². The molecule has 0 N–H and O–H groups in total. The highest BCUT2D eigenvalue weighted by Gasteiger charge is 1.87. The van der Waals surface area contributed by atoms with E-state index in [4.69, 9.17) is 0 Å². The van der Waals surface area contributed by atoms with Gasteiger partial charge < -0.3 is 17.0 Å². The van der Waals surface area contributed by atoms with Gasteiger partial charge in [0.1, 0.15) is 6.54 Å². The van der Waals surface area contributed by atoms with E-state index in [9.17, 15) is 0 Å². The van der Waals surface area contributed by atoms with Crippen molar-refractivity contribution in [2.24, 2.45) is 0 Å². The minimum Gasteiger partial charge on any atom is -1.00 e. The Morgan fingerprint density at radius 2 is 1.89 bits per heavy atom. The molecule has 0 atom stereocenters. The summed E-state index contributed by atoms with van der Waals surface area (Å²) in [6, 6.07) is 0. The van der Waals surface area contributed by atoms with Crippen molar-refractivity contribution in [2.75, 3.05) is 0 Å². The van der Waals surface area contributed by atoms with E-state index < -0.39 is 0 Å². The van der Waals surface area contributed by atoms with Gasteiger partial charge in [0.2, 0.25) is 0 Å². The Labute approximate surface area is 65.3 Å². The molecule has 0 unspecified atom stereocenters. The van der Waals surface area contributed by atoms with Gasteiger partial charge in [-0.1, -0.05) is 0 Å². The molecule has 0 saturated carbocycles. The van der Waals surface area contributed by atoms with E-state index in [-0.39, 0.29) is 17.0 Å². The third kappa shape index (κ3) is 2.56. The molecule has 3 heteroatoms. The van der Waals surface area contributed by atoms with Crippen LogP contribution in [0.25, 0.3) is 0 Å². The van der Waals surface area contributed by atoms with Crippen LogP contribution in [0.1, 0.15) is 6.92 Å². The molecule has 9 heavy (non-hydrogen) atoms. The molecule has 0 bridgehead atoms. The molecule has 1 aromatic heterocycles. The lowest BCUT2D eigenvalue weighted by Crippen LogP contribution is -3.00. The Balaban J connectivity index is 0.000000640. The van der Waals surface area contributed by atoms with Crippen molar-refractivity contribution >= 4 is 0 Å². The maximum atomic E-state index is 3.87. The lowest BCUT2D eigenvalue weighted by molar-refractivity contribution is -0.694. The topological polar surface area (TPSA) is 16.8 Å². The average molecular weight is 189 g/mol. The van der Waals surface area contributed by atoms with Crippen LogP contribution in [0.5, 0.6) is 0 Å². The first-order valence-corrected chi connectivity index (χ1v) is 2.72. The van der Waals surface area contributed by atoms with Crippen molar-refractivity contribution in [2.45, 2.75) is 13.5 Å². The number of rotatable bonds is 1. The molecular formula is C6H9BrN2. The highest BCUT2D eigenvalue weighted by atomic mass is 79.9. The zero-order chi connectivity index (χ0) is 5.82. The molecule has 0 aliphatic carbocycles. The van der Waals surface area contributed by atoms with Crippen molar-refractivity contribution in [1.29, 1.82) is 0 Å². The number of nitrogens with zero attached hydrogens (tertiary/aromatic N) is 2. The van der Waals surface area contributed by atoms with E-state index in [1.54, 1.807) is 12.4 Å². The first-order valence-electron chi connectivity index (χ1n) is 2.72. The maximum Gasteiger partial charge on any atom is 0.187 e. The fourth-order valence-corrected chi connectivity index (χ4v) is 0.558. The molecule has 0 aliphatic rings. The Kier molecular flexibility index (Phi) is 4.22. The largest absolute Gasteiger partial charge is 1.00 e. The van der Waals surface area contributed by atoms with Gasteiger partial charge >= 0.3 is 0 Å². The Bertz CT molecular complexity index is 152. The fourth-order valence-electron chi connectivity index (χ4n) is 0.558. The zero-order valence-electron chi connectivity index (χ0n) is 5.29. The molecule has 0 saturated heterocycles. The normalized spacial score (nSPS) is 8.11. The molecule has 1 rings (SSSR count). The van der Waals surface area contributed by atoms with Crippen LogP contribution in [0.3, 0.4) is 0 Å². The number of halogens is 1. The summed E-state index contributed by atoms with van der Waals surface area (Å²) in [5.41, 5.74) is 0. The van der Waals surface area contributed by atoms with Gasteiger partial charge in [-0.15, -0.1) is 0 Å². The second-order valence-corrected chi connectivity index (χ2v) is 1.58. The molecule has 2 nitrogen and oxygen atoms in total. The van der Waals surface area contributed by atoms with E-state index in [1.807, 2.05) is 12.4 Å². The van der Waals surface area contributed by atoms with Crippen molar-refractivity contribution in [1.82, 2.24) is 4.98 Å². The van der Waals surface area contributed by atoms with E-state index in [0.717, 1.165) is 6.54 Å². The summed E-state index contributed by atoms with van der Waals surface area (Å²) in [6.45, 7) is 3.11. The molecule has 50 valence electrons. The monoisotopic (exact) mass is 188 g/mol. The van der Waals surface area contributed by atoms with Crippen LogP contribution in [-0.4, -0.2) is 4.98 Å². The maximum absolute atomic E-state index is 3.87. The second kappa shape index (κ2) is 4.44. The van der Waals surface area contributed by atoms with Gasteiger partial charge in [-0.25, -0.2) is 4.57 Å². The van der Waals surface area contributed by atoms with Gasteiger partial charge in [0.25, 0.3) is 0 Å². The fraction of sp³-hybridized carbons (Fsp3) is 0.333. The van der Waals surface area contributed by atoms with Crippen LogP contribution in [0.2, 0.25) is 0 Å².